The lowest BCUT2D eigenvalue weighted by molar-refractivity contribution is 0.515. The van der Waals surface area contributed by atoms with Gasteiger partial charge in [-0.1, -0.05) is 208 Å². The Morgan fingerprint density at radius 1 is 0.300 bits per heavy atom. The normalized spacial score (nSPS) is 15.2. The first-order valence-electron chi connectivity index (χ1n) is 21.2. The summed E-state index contributed by atoms with van der Waals surface area (Å²) in [6, 6.07) is 0. The van der Waals surface area contributed by atoms with E-state index < -0.39 is 0 Å². The Kier molecular flexibility index (Phi) is 33.4. The second-order valence-electron chi connectivity index (χ2n) is 17.2. The first kappa shape index (κ1) is 51.3. The van der Waals surface area contributed by atoms with Crippen molar-refractivity contribution in [3.63, 3.8) is 0 Å². The van der Waals surface area contributed by atoms with Crippen molar-refractivity contribution < 1.29 is 0 Å². The van der Waals surface area contributed by atoms with Gasteiger partial charge in [0.1, 0.15) is 0 Å². The van der Waals surface area contributed by atoms with Gasteiger partial charge in [0.25, 0.3) is 0 Å². The number of rotatable bonds is 34. The van der Waals surface area contributed by atoms with Crippen molar-refractivity contribution in [2.45, 2.75) is 230 Å². The van der Waals surface area contributed by atoms with Crippen LogP contribution in [0.25, 0.3) is 0 Å². The Hall–Kier alpha value is 1.32. The highest BCUT2D eigenvalue weighted by Gasteiger charge is 2.30. The highest BCUT2D eigenvalue weighted by Crippen LogP contribution is 2.34. The smallest absolute Gasteiger partial charge is 0.0372 e. The van der Waals surface area contributed by atoms with Gasteiger partial charge in [0.2, 0.25) is 0 Å². The van der Waals surface area contributed by atoms with Crippen molar-refractivity contribution in [1.29, 1.82) is 0 Å². The van der Waals surface area contributed by atoms with Crippen LogP contribution in [0.1, 0.15) is 209 Å². The summed E-state index contributed by atoms with van der Waals surface area (Å²) >= 11 is 33.9. The highest BCUT2D eigenvalue weighted by atomic mass is 32.1. The third kappa shape index (κ3) is 27.0. The monoisotopic (exact) mass is 804 g/mol. The van der Waals surface area contributed by atoms with Crippen LogP contribution >= 0.6 is 75.0 Å². The topological polar surface area (TPSA) is 0 Å². The molecule has 0 amide bonds. The molecule has 0 radical (unpaired) electrons. The summed E-state index contributed by atoms with van der Waals surface area (Å²) in [5.41, 5.74) is 2.37. The zero-order valence-electron chi connectivity index (χ0n) is 34.2. The molecule has 0 saturated carbocycles. The standard InChI is InChI=1S/C44H84S6/c1-33(2)25-17-9-13-21-29-37(45)41(43(49)39(47)31-23-15-11-19-27-35(5)6)42(38(46)30-22-14-10-18-26-34(3)4)44(50)40(48)32-24-16-12-20-28-36(7)8/h33-40,45-48H,9-32H2,1-8H3. The molecule has 0 N–H and O–H groups in total. The third-order valence-electron chi connectivity index (χ3n) is 10.1. The molecule has 6 heteroatoms. The SMILES string of the molecule is CC(C)CCCCCCC(S)C(=S)C(=C(C(=S)C(S)CCCCCCC(C)C)C(S)CCCCCCC(C)C)C(S)CCCCCCC(C)C. The third-order valence-corrected chi connectivity index (χ3v) is 13.6. The van der Waals surface area contributed by atoms with E-state index in [4.69, 9.17) is 75.0 Å². The predicted octanol–water partition coefficient (Wildman–Crippen LogP) is 16.2. The van der Waals surface area contributed by atoms with Crippen LogP contribution in [0.2, 0.25) is 0 Å². The molecular weight excluding hydrogens is 721 g/mol. The maximum absolute atomic E-state index is 6.41. The molecule has 0 aromatic rings. The molecule has 0 aromatic carbocycles. The zero-order chi connectivity index (χ0) is 37.9. The summed E-state index contributed by atoms with van der Waals surface area (Å²) < 4.78 is 0. The van der Waals surface area contributed by atoms with E-state index in [9.17, 15) is 0 Å². The second kappa shape index (κ2) is 32.6. The summed E-state index contributed by atoms with van der Waals surface area (Å²) in [5.74, 6) is 3.13. The van der Waals surface area contributed by atoms with Crippen molar-refractivity contribution in [3.8, 4) is 0 Å². The van der Waals surface area contributed by atoms with Crippen LogP contribution in [-0.4, -0.2) is 30.7 Å². The average Bonchev–Trinajstić information content (AvgIpc) is 3.04. The molecular formula is C44H84S6. The van der Waals surface area contributed by atoms with Gasteiger partial charge < -0.3 is 0 Å². The molecule has 0 aliphatic carbocycles. The quantitative estimate of drug-likeness (QED) is 0.0221. The van der Waals surface area contributed by atoms with Gasteiger partial charge in [0, 0.05) is 30.7 Å². The van der Waals surface area contributed by atoms with E-state index in [1.54, 1.807) is 0 Å². The van der Waals surface area contributed by atoms with Gasteiger partial charge in [-0.05, 0) is 60.5 Å². The summed E-state index contributed by atoms with van der Waals surface area (Å²) in [7, 11) is 0. The summed E-state index contributed by atoms with van der Waals surface area (Å²) in [6.07, 6.45) is 29.4. The zero-order valence-corrected chi connectivity index (χ0v) is 39.4. The van der Waals surface area contributed by atoms with Crippen molar-refractivity contribution in [2.75, 3.05) is 0 Å². The van der Waals surface area contributed by atoms with Crippen molar-refractivity contribution in [1.82, 2.24) is 0 Å². The fourth-order valence-corrected chi connectivity index (χ4v) is 9.32. The van der Waals surface area contributed by atoms with Gasteiger partial charge in [-0.2, -0.15) is 50.5 Å². The first-order valence-corrected chi connectivity index (χ1v) is 24.1. The van der Waals surface area contributed by atoms with E-state index >= 15 is 0 Å². The van der Waals surface area contributed by atoms with E-state index in [0.29, 0.717) is 0 Å². The van der Waals surface area contributed by atoms with Crippen molar-refractivity contribution >= 4 is 84.7 Å². The Morgan fingerprint density at radius 2 is 0.480 bits per heavy atom. The second-order valence-corrected chi connectivity index (χ2v) is 20.5. The number of hydrogen-bond donors (Lipinski definition) is 4. The van der Waals surface area contributed by atoms with Gasteiger partial charge in [-0.25, -0.2) is 0 Å². The lowest BCUT2D eigenvalue weighted by atomic mass is 9.88. The van der Waals surface area contributed by atoms with Crippen molar-refractivity contribution in [2.24, 2.45) is 23.7 Å². The molecule has 4 unspecified atom stereocenters. The minimum absolute atomic E-state index is 0.0412. The Labute approximate surface area is 347 Å². The van der Waals surface area contributed by atoms with Gasteiger partial charge in [0.05, 0.1) is 0 Å². The average molecular weight is 806 g/mol. The fraction of sp³-hybridized carbons (Fsp3) is 0.909. The minimum Gasteiger partial charge on any atom is -0.171 e. The van der Waals surface area contributed by atoms with Crippen LogP contribution < -0.4 is 0 Å². The molecule has 0 bridgehead atoms. The van der Waals surface area contributed by atoms with Crippen LogP contribution in [0.3, 0.4) is 0 Å². The van der Waals surface area contributed by atoms with E-state index in [0.717, 1.165) is 59.1 Å². The van der Waals surface area contributed by atoms with Gasteiger partial charge in [0.15, 0.2) is 0 Å². The number of hydrogen-bond acceptors (Lipinski definition) is 6. The lowest BCUT2D eigenvalue weighted by Crippen LogP contribution is -2.30. The lowest BCUT2D eigenvalue weighted by Gasteiger charge is -2.29. The minimum atomic E-state index is 0.0412. The largest absolute Gasteiger partial charge is 0.171 e. The Bertz CT molecular complexity index is 806. The molecule has 50 heavy (non-hydrogen) atoms. The highest BCUT2D eigenvalue weighted by molar-refractivity contribution is 7.88. The molecule has 0 rings (SSSR count). The van der Waals surface area contributed by atoms with Crippen LogP contribution in [0.5, 0.6) is 0 Å². The molecule has 0 aliphatic heterocycles. The van der Waals surface area contributed by atoms with Crippen LogP contribution in [0.15, 0.2) is 11.1 Å². The molecule has 0 aliphatic rings. The predicted molar refractivity (Wildman–Crippen MR) is 253 cm³/mol. The van der Waals surface area contributed by atoms with Gasteiger partial charge >= 0.3 is 0 Å². The molecule has 0 heterocycles. The molecule has 0 fully saturated rings. The molecule has 0 aromatic heterocycles. The van der Waals surface area contributed by atoms with E-state index in [2.05, 4.69) is 55.4 Å². The van der Waals surface area contributed by atoms with Crippen LogP contribution in [0.4, 0.5) is 0 Å². The maximum atomic E-state index is 6.41. The molecule has 0 spiro atoms. The summed E-state index contributed by atoms with van der Waals surface area (Å²) in [4.78, 5) is 1.94. The van der Waals surface area contributed by atoms with E-state index in [1.165, 1.54) is 140 Å². The molecule has 4 atom stereocenters. The first-order chi connectivity index (χ1) is 23.7. The number of thiol groups is 4. The van der Waals surface area contributed by atoms with Gasteiger partial charge in [-0.3, -0.25) is 0 Å². The molecule has 296 valence electrons. The number of unbranched alkanes of at least 4 members (excludes halogenated alkanes) is 12. The van der Waals surface area contributed by atoms with Crippen LogP contribution in [-0.2, 0) is 0 Å². The Balaban J connectivity index is 6.12. The number of thiocarbonyl (C=S) groups is 2. The summed E-state index contributed by atoms with van der Waals surface area (Å²) in [5, 5.41) is 0.191. The molecule has 0 saturated heterocycles. The fourth-order valence-electron chi connectivity index (χ4n) is 6.84. The summed E-state index contributed by atoms with van der Waals surface area (Å²) in [6.45, 7) is 18.6. The Morgan fingerprint density at radius 3 is 0.680 bits per heavy atom. The van der Waals surface area contributed by atoms with E-state index in [1.807, 2.05) is 0 Å². The maximum Gasteiger partial charge on any atom is 0.0372 e. The van der Waals surface area contributed by atoms with E-state index in [-0.39, 0.29) is 21.0 Å². The van der Waals surface area contributed by atoms with Crippen molar-refractivity contribution in [3.05, 3.63) is 11.1 Å². The molecule has 0 nitrogen and oxygen atoms in total. The van der Waals surface area contributed by atoms with Gasteiger partial charge in [-0.15, -0.1) is 0 Å². The van der Waals surface area contributed by atoms with Crippen LogP contribution in [0, 0.1) is 23.7 Å².